The number of nitrogens with one attached hydrogen (secondary N) is 1. The maximum absolute atomic E-state index is 13.2. The fourth-order valence-corrected chi connectivity index (χ4v) is 2.23. The van der Waals surface area contributed by atoms with Gasteiger partial charge >= 0.3 is 12.1 Å². The molecule has 0 aliphatic heterocycles. The van der Waals surface area contributed by atoms with Crippen LogP contribution < -0.4 is 10.1 Å². The van der Waals surface area contributed by atoms with Crippen molar-refractivity contribution >= 4 is 17.9 Å². The number of hydrogen-bond acceptors (Lipinski definition) is 6. The van der Waals surface area contributed by atoms with Crippen molar-refractivity contribution in [2.75, 3.05) is 12.4 Å². The standard InChI is InChI=1S/C18H17F3N2O4/c1-10(2)23-15-5-4-12(7-13(15)17(25)26-3)27-16-14(18(19,20)21)6-11(9-24)8-22-16/h4-10,23H,1-3H3. The number of carbonyl (C=O) groups is 2. The number of rotatable bonds is 6. The Morgan fingerprint density at radius 3 is 2.52 bits per heavy atom. The molecular formula is C18H17F3N2O4. The highest BCUT2D eigenvalue weighted by atomic mass is 19.4. The van der Waals surface area contributed by atoms with E-state index in [0.29, 0.717) is 11.8 Å². The second kappa shape index (κ2) is 8.07. The third-order valence-corrected chi connectivity index (χ3v) is 3.37. The Hall–Kier alpha value is -3.10. The number of pyridine rings is 1. The van der Waals surface area contributed by atoms with E-state index < -0.39 is 23.6 Å². The Labute approximate surface area is 153 Å². The van der Waals surface area contributed by atoms with E-state index >= 15 is 0 Å². The molecule has 0 atom stereocenters. The molecule has 0 bridgehead atoms. The van der Waals surface area contributed by atoms with Gasteiger partial charge in [0.1, 0.15) is 11.3 Å². The Morgan fingerprint density at radius 2 is 1.96 bits per heavy atom. The summed E-state index contributed by atoms with van der Waals surface area (Å²) < 4.78 is 49.6. The minimum Gasteiger partial charge on any atom is -0.465 e. The zero-order chi connectivity index (χ0) is 20.2. The van der Waals surface area contributed by atoms with E-state index in [1.807, 2.05) is 13.8 Å². The third-order valence-electron chi connectivity index (χ3n) is 3.37. The van der Waals surface area contributed by atoms with E-state index in [1.165, 1.54) is 25.3 Å². The van der Waals surface area contributed by atoms with Gasteiger partial charge < -0.3 is 14.8 Å². The number of carbonyl (C=O) groups excluding carboxylic acids is 2. The molecule has 144 valence electrons. The number of nitrogens with zero attached hydrogens (tertiary/aromatic N) is 1. The summed E-state index contributed by atoms with van der Waals surface area (Å²) in [4.78, 5) is 26.3. The molecule has 0 unspecified atom stereocenters. The Bertz CT molecular complexity index is 851. The van der Waals surface area contributed by atoms with Crippen molar-refractivity contribution in [3.8, 4) is 11.6 Å². The smallest absolute Gasteiger partial charge is 0.421 e. The lowest BCUT2D eigenvalue weighted by Gasteiger charge is -2.16. The van der Waals surface area contributed by atoms with E-state index in [1.54, 1.807) is 0 Å². The number of anilines is 1. The van der Waals surface area contributed by atoms with Crippen molar-refractivity contribution < 1.29 is 32.2 Å². The highest BCUT2D eigenvalue weighted by molar-refractivity contribution is 5.96. The van der Waals surface area contributed by atoms with Crippen molar-refractivity contribution in [3.63, 3.8) is 0 Å². The molecule has 2 rings (SSSR count). The van der Waals surface area contributed by atoms with Crippen molar-refractivity contribution in [1.82, 2.24) is 4.98 Å². The third kappa shape index (κ3) is 4.96. The van der Waals surface area contributed by atoms with Gasteiger partial charge in [-0.2, -0.15) is 13.2 Å². The van der Waals surface area contributed by atoms with Gasteiger partial charge in [-0.3, -0.25) is 4.79 Å². The van der Waals surface area contributed by atoms with Gasteiger partial charge in [0.25, 0.3) is 0 Å². The quantitative estimate of drug-likeness (QED) is 0.593. The average molecular weight is 382 g/mol. The molecule has 2 aromatic rings. The van der Waals surface area contributed by atoms with Crippen LogP contribution in [0, 0.1) is 0 Å². The number of alkyl halides is 3. The van der Waals surface area contributed by atoms with Gasteiger partial charge in [0.2, 0.25) is 5.88 Å². The Balaban J connectivity index is 2.46. The lowest BCUT2D eigenvalue weighted by Crippen LogP contribution is -2.14. The van der Waals surface area contributed by atoms with Crippen molar-refractivity contribution in [1.29, 1.82) is 0 Å². The number of ether oxygens (including phenoxy) is 2. The maximum Gasteiger partial charge on any atom is 0.421 e. The molecule has 0 aliphatic rings. The van der Waals surface area contributed by atoms with Gasteiger partial charge in [-0.05, 0) is 38.1 Å². The van der Waals surface area contributed by atoms with Crippen LogP contribution in [0.5, 0.6) is 11.6 Å². The summed E-state index contributed by atoms with van der Waals surface area (Å²) in [7, 11) is 1.19. The van der Waals surface area contributed by atoms with Crippen LogP contribution in [-0.4, -0.2) is 30.4 Å². The topological polar surface area (TPSA) is 77.5 Å². The molecule has 6 nitrogen and oxygen atoms in total. The summed E-state index contributed by atoms with van der Waals surface area (Å²) in [6, 6.07) is 4.80. The van der Waals surface area contributed by atoms with Crippen LogP contribution in [0.15, 0.2) is 30.5 Å². The fraction of sp³-hybridized carbons (Fsp3) is 0.278. The first-order chi connectivity index (χ1) is 12.7. The van der Waals surface area contributed by atoms with E-state index in [4.69, 9.17) is 9.47 Å². The molecule has 0 saturated heterocycles. The summed E-state index contributed by atoms with van der Waals surface area (Å²) in [5.41, 5.74) is -0.885. The van der Waals surface area contributed by atoms with Gasteiger partial charge in [0.05, 0.1) is 12.7 Å². The molecule has 0 spiro atoms. The summed E-state index contributed by atoms with van der Waals surface area (Å²) >= 11 is 0. The predicted molar refractivity (Wildman–Crippen MR) is 91.2 cm³/mol. The summed E-state index contributed by atoms with van der Waals surface area (Å²) in [6.45, 7) is 3.72. The molecule has 0 fully saturated rings. The maximum atomic E-state index is 13.2. The highest BCUT2D eigenvalue weighted by Crippen LogP contribution is 2.37. The predicted octanol–water partition coefficient (Wildman–Crippen LogP) is 4.31. The molecule has 0 radical (unpaired) electrons. The van der Waals surface area contributed by atoms with E-state index in [-0.39, 0.29) is 29.2 Å². The van der Waals surface area contributed by atoms with Crippen molar-refractivity contribution in [3.05, 3.63) is 47.2 Å². The number of methoxy groups -OCH3 is 1. The molecule has 0 saturated carbocycles. The zero-order valence-corrected chi connectivity index (χ0v) is 14.8. The monoisotopic (exact) mass is 382 g/mol. The number of esters is 1. The van der Waals surface area contributed by atoms with E-state index in [9.17, 15) is 22.8 Å². The minimum atomic E-state index is -4.77. The molecule has 1 aromatic carbocycles. The van der Waals surface area contributed by atoms with Crippen LogP contribution in [0.25, 0.3) is 0 Å². The molecule has 0 aliphatic carbocycles. The SMILES string of the molecule is COC(=O)c1cc(Oc2ncc(C=O)cc2C(F)(F)F)ccc1NC(C)C. The van der Waals surface area contributed by atoms with Gasteiger partial charge in [-0.15, -0.1) is 0 Å². The van der Waals surface area contributed by atoms with Gasteiger partial charge in [-0.25, -0.2) is 9.78 Å². The first-order valence-corrected chi connectivity index (χ1v) is 7.85. The first-order valence-electron chi connectivity index (χ1n) is 7.85. The first kappa shape index (κ1) is 20.2. The molecule has 9 heteroatoms. The van der Waals surface area contributed by atoms with Crippen LogP contribution in [-0.2, 0) is 10.9 Å². The van der Waals surface area contributed by atoms with Crippen LogP contribution in [0.4, 0.5) is 18.9 Å². The fourth-order valence-electron chi connectivity index (χ4n) is 2.23. The lowest BCUT2D eigenvalue weighted by molar-refractivity contribution is -0.138. The number of hydrogen-bond donors (Lipinski definition) is 1. The summed E-state index contributed by atoms with van der Waals surface area (Å²) in [5.74, 6) is -1.45. The largest absolute Gasteiger partial charge is 0.465 e. The summed E-state index contributed by atoms with van der Waals surface area (Å²) in [5, 5.41) is 3.04. The molecule has 1 heterocycles. The Morgan fingerprint density at radius 1 is 1.26 bits per heavy atom. The summed E-state index contributed by atoms with van der Waals surface area (Å²) in [6.07, 6.45) is -3.55. The van der Waals surface area contributed by atoms with Crippen molar-refractivity contribution in [2.24, 2.45) is 0 Å². The number of benzene rings is 1. The molecule has 1 N–H and O–H groups in total. The Kier molecular flexibility index (Phi) is 6.04. The lowest BCUT2D eigenvalue weighted by atomic mass is 10.1. The van der Waals surface area contributed by atoms with Crippen LogP contribution in [0.3, 0.4) is 0 Å². The zero-order valence-electron chi connectivity index (χ0n) is 14.8. The highest BCUT2D eigenvalue weighted by Gasteiger charge is 2.36. The minimum absolute atomic E-state index is 0.00885. The second-order valence-corrected chi connectivity index (χ2v) is 5.84. The number of aldehydes is 1. The van der Waals surface area contributed by atoms with Gasteiger partial charge in [0, 0.05) is 23.5 Å². The number of halogens is 3. The van der Waals surface area contributed by atoms with Crippen LogP contribution in [0.1, 0.15) is 40.1 Å². The average Bonchev–Trinajstić information content (AvgIpc) is 2.61. The van der Waals surface area contributed by atoms with Crippen LogP contribution >= 0.6 is 0 Å². The molecule has 0 amide bonds. The van der Waals surface area contributed by atoms with Gasteiger partial charge in [-0.1, -0.05) is 0 Å². The van der Waals surface area contributed by atoms with E-state index in [2.05, 4.69) is 10.3 Å². The molecule has 27 heavy (non-hydrogen) atoms. The molecule has 1 aromatic heterocycles. The molecular weight excluding hydrogens is 365 g/mol. The van der Waals surface area contributed by atoms with E-state index in [0.717, 1.165) is 6.20 Å². The normalized spacial score (nSPS) is 11.2. The number of aromatic nitrogens is 1. The van der Waals surface area contributed by atoms with Crippen LogP contribution in [0.2, 0.25) is 0 Å². The van der Waals surface area contributed by atoms with Gasteiger partial charge in [0.15, 0.2) is 6.29 Å². The van der Waals surface area contributed by atoms with Crippen molar-refractivity contribution in [2.45, 2.75) is 26.1 Å². The second-order valence-electron chi connectivity index (χ2n) is 5.84.